The number of hydrogen-bond acceptors (Lipinski definition) is 2. The molecule has 1 aromatic heterocycles. The molecule has 110 valence electrons. The third-order valence-electron chi connectivity index (χ3n) is 3.90. The first-order chi connectivity index (χ1) is 10.1. The van der Waals surface area contributed by atoms with E-state index in [4.69, 9.17) is 11.6 Å². The van der Waals surface area contributed by atoms with Gasteiger partial charge >= 0.3 is 0 Å². The van der Waals surface area contributed by atoms with Crippen molar-refractivity contribution in [3.63, 3.8) is 0 Å². The Labute approximate surface area is 129 Å². The molecule has 1 N–H and O–H groups in total. The number of carbonyl (C=O) groups is 1. The van der Waals surface area contributed by atoms with E-state index in [2.05, 4.69) is 17.1 Å². The van der Waals surface area contributed by atoms with Gasteiger partial charge in [-0.05, 0) is 30.9 Å². The highest BCUT2D eigenvalue weighted by Crippen LogP contribution is 2.26. The Hall–Kier alpha value is -1.81. The van der Waals surface area contributed by atoms with E-state index in [0.717, 1.165) is 25.1 Å². The largest absolute Gasteiger partial charge is 0.337 e. The summed E-state index contributed by atoms with van der Waals surface area (Å²) in [7, 11) is 0. The molecule has 0 saturated carbocycles. The molecule has 1 unspecified atom stereocenters. The number of halogens is 1. The van der Waals surface area contributed by atoms with Crippen LogP contribution in [-0.2, 0) is 0 Å². The highest BCUT2D eigenvalue weighted by atomic mass is 35.5. The first kappa shape index (κ1) is 14.1. The number of nitrogens with zero attached hydrogens (tertiary/aromatic N) is 2. The number of hydrogen-bond donors (Lipinski definition) is 1. The lowest BCUT2D eigenvalue weighted by atomic mass is 10.00. The van der Waals surface area contributed by atoms with Crippen molar-refractivity contribution < 1.29 is 4.79 Å². The summed E-state index contributed by atoms with van der Waals surface area (Å²) in [5.41, 5.74) is 2.06. The van der Waals surface area contributed by atoms with Gasteiger partial charge in [0.05, 0.1) is 10.7 Å². The van der Waals surface area contributed by atoms with E-state index < -0.39 is 0 Å². The van der Waals surface area contributed by atoms with Gasteiger partial charge in [-0.3, -0.25) is 9.89 Å². The van der Waals surface area contributed by atoms with E-state index in [-0.39, 0.29) is 5.91 Å². The lowest BCUT2D eigenvalue weighted by molar-refractivity contribution is 0.0677. The van der Waals surface area contributed by atoms with E-state index in [1.165, 1.54) is 6.42 Å². The summed E-state index contributed by atoms with van der Waals surface area (Å²) in [6.45, 7) is 3.82. The minimum atomic E-state index is 0.0207. The number of H-pyrrole nitrogens is 1. The van der Waals surface area contributed by atoms with Gasteiger partial charge in [0, 0.05) is 18.7 Å². The van der Waals surface area contributed by atoms with Crippen LogP contribution in [0.3, 0.4) is 0 Å². The third-order valence-corrected chi connectivity index (χ3v) is 4.23. The molecule has 3 rings (SSSR count). The van der Waals surface area contributed by atoms with Gasteiger partial charge in [0.2, 0.25) is 0 Å². The smallest absolute Gasteiger partial charge is 0.271 e. The number of rotatable bonds is 2. The topological polar surface area (TPSA) is 49.0 Å². The zero-order valence-electron chi connectivity index (χ0n) is 12.0. The number of nitrogens with one attached hydrogen (secondary N) is 1. The molecule has 1 aliphatic rings. The van der Waals surface area contributed by atoms with Crippen molar-refractivity contribution in [2.24, 2.45) is 5.92 Å². The summed E-state index contributed by atoms with van der Waals surface area (Å²) in [6, 6.07) is 9.28. The molecule has 1 fully saturated rings. The number of aromatic nitrogens is 2. The van der Waals surface area contributed by atoms with Crippen LogP contribution < -0.4 is 0 Å². The fraction of sp³-hybridized carbons (Fsp3) is 0.375. The Kier molecular flexibility index (Phi) is 3.97. The second kappa shape index (κ2) is 5.90. The van der Waals surface area contributed by atoms with E-state index in [9.17, 15) is 4.79 Å². The van der Waals surface area contributed by atoms with Gasteiger partial charge in [-0.25, -0.2) is 0 Å². The molecule has 5 heteroatoms. The van der Waals surface area contributed by atoms with Crippen molar-refractivity contribution >= 4 is 17.5 Å². The van der Waals surface area contributed by atoms with Crippen LogP contribution in [0.25, 0.3) is 11.3 Å². The summed E-state index contributed by atoms with van der Waals surface area (Å²) >= 11 is 6.17. The van der Waals surface area contributed by atoms with Crippen LogP contribution in [0.1, 0.15) is 30.3 Å². The molecule has 0 bridgehead atoms. The molecule has 1 amide bonds. The summed E-state index contributed by atoms with van der Waals surface area (Å²) in [6.07, 6.45) is 2.26. The molecular formula is C16H18ClN3O. The predicted octanol–water partition coefficient (Wildman–Crippen LogP) is 3.60. The summed E-state index contributed by atoms with van der Waals surface area (Å²) < 4.78 is 0. The van der Waals surface area contributed by atoms with Gasteiger partial charge in [-0.1, -0.05) is 36.7 Å². The molecule has 1 aromatic carbocycles. The van der Waals surface area contributed by atoms with Crippen molar-refractivity contribution in [1.82, 2.24) is 15.1 Å². The molecule has 0 spiro atoms. The highest BCUT2D eigenvalue weighted by molar-refractivity contribution is 6.33. The van der Waals surface area contributed by atoms with E-state index >= 15 is 0 Å². The maximum atomic E-state index is 12.5. The van der Waals surface area contributed by atoms with Crippen molar-refractivity contribution in [3.8, 4) is 11.3 Å². The van der Waals surface area contributed by atoms with Crippen LogP contribution in [0.15, 0.2) is 30.3 Å². The zero-order chi connectivity index (χ0) is 14.8. The average Bonchev–Trinajstić information content (AvgIpc) is 2.96. The predicted molar refractivity (Wildman–Crippen MR) is 83.3 cm³/mol. The lowest BCUT2D eigenvalue weighted by Gasteiger charge is -2.30. The molecule has 0 aliphatic carbocycles. The number of amides is 1. The lowest BCUT2D eigenvalue weighted by Crippen LogP contribution is -2.39. The minimum absolute atomic E-state index is 0.0207. The molecular weight excluding hydrogens is 286 g/mol. The summed E-state index contributed by atoms with van der Waals surface area (Å²) in [4.78, 5) is 14.4. The van der Waals surface area contributed by atoms with Gasteiger partial charge in [-0.15, -0.1) is 0 Å². The van der Waals surface area contributed by atoms with Crippen LogP contribution >= 0.6 is 11.6 Å². The Balaban J connectivity index is 1.82. The maximum Gasteiger partial charge on any atom is 0.271 e. The Bertz CT molecular complexity index is 652. The molecule has 21 heavy (non-hydrogen) atoms. The average molecular weight is 304 g/mol. The molecule has 1 atom stereocenters. The summed E-state index contributed by atoms with van der Waals surface area (Å²) in [5, 5.41) is 7.70. The highest BCUT2D eigenvalue weighted by Gasteiger charge is 2.23. The first-order valence-electron chi connectivity index (χ1n) is 7.24. The number of likely N-dealkylation sites (tertiary alicyclic amines) is 1. The van der Waals surface area contributed by atoms with E-state index in [1.807, 2.05) is 29.2 Å². The van der Waals surface area contributed by atoms with Crippen molar-refractivity contribution in [3.05, 3.63) is 41.0 Å². The van der Waals surface area contributed by atoms with Gasteiger partial charge in [0.15, 0.2) is 0 Å². The normalized spacial score (nSPS) is 18.8. The molecule has 4 nitrogen and oxygen atoms in total. The quantitative estimate of drug-likeness (QED) is 0.921. The fourth-order valence-electron chi connectivity index (χ4n) is 2.78. The monoisotopic (exact) mass is 303 g/mol. The second-order valence-electron chi connectivity index (χ2n) is 5.65. The van der Waals surface area contributed by atoms with Gasteiger partial charge in [0.25, 0.3) is 5.91 Å². The zero-order valence-corrected chi connectivity index (χ0v) is 12.7. The number of carbonyl (C=O) groups excluding carboxylic acids is 1. The van der Waals surface area contributed by atoms with Crippen LogP contribution in [0.5, 0.6) is 0 Å². The number of benzene rings is 1. The van der Waals surface area contributed by atoms with E-state index in [0.29, 0.717) is 22.3 Å². The van der Waals surface area contributed by atoms with Crippen LogP contribution in [0.4, 0.5) is 0 Å². The van der Waals surface area contributed by atoms with Crippen molar-refractivity contribution in [2.75, 3.05) is 13.1 Å². The SMILES string of the molecule is CC1CCCN(C(=O)c2cc(-c3ccccc3Cl)n[nH]2)C1. The molecule has 1 saturated heterocycles. The Morgan fingerprint density at radius 2 is 2.24 bits per heavy atom. The first-order valence-corrected chi connectivity index (χ1v) is 7.62. The molecule has 0 radical (unpaired) electrons. The van der Waals surface area contributed by atoms with E-state index in [1.54, 1.807) is 6.07 Å². The maximum absolute atomic E-state index is 12.5. The molecule has 1 aliphatic heterocycles. The third kappa shape index (κ3) is 2.95. The summed E-state index contributed by atoms with van der Waals surface area (Å²) in [5.74, 6) is 0.584. The number of aromatic amines is 1. The van der Waals surface area contributed by atoms with Crippen molar-refractivity contribution in [2.45, 2.75) is 19.8 Å². The van der Waals surface area contributed by atoms with Crippen LogP contribution in [0.2, 0.25) is 5.02 Å². The molecule has 2 heterocycles. The van der Waals surface area contributed by atoms with Crippen molar-refractivity contribution in [1.29, 1.82) is 0 Å². The Morgan fingerprint density at radius 3 is 3.00 bits per heavy atom. The molecule has 2 aromatic rings. The second-order valence-corrected chi connectivity index (χ2v) is 6.05. The van der Waals surface area contributed by atoms with Gasteiger partial charge < -0.3 is 4.90 Å². The minimum Gasteiger partial charge on any atom is -0.337 e. The standard InChI is InChI=1S/C16H18ClN3O/c1-11-5-4-8-20(10-11)16(21)15-9-14(18-19-15)12-6-2-3-7-13(12)17/h2-3,6-7,9,11H,4-5,8,10H2,1H3,(H,18,19). The number of piperidine rings is 1. The van der Waals surface area contributed by atoms with Crippen LogP contribution in [-0.4, -0.2) is 34.1 Å². The Morgan fingerprint density at radius 1 is 1.43 bits per heavy atom. The van der Waals surface area contributed by atoms with Gasteiger partial charge in [0.1, 0.15) is 5.69 Å². The van der Waals surface area contributed by atoms with Gasteiger partial charge in [-0.2, -0.15) is 5.10 Å². The van der Waals surface area contributed by atoms with Crippen LogP contribution in [0, 0.1) is 5.92 Å². The fourth-order valence-corrected chi connectivity index (χ4v) is 3.01.